The number of nitrogens with one attached hydrogen (secondary N) is 1. The normalized spacial score (nSPS) is 22.6. The van der Waals surface area contributed by atoms with Gasteiger partial charge in [0, 0.05) is 13.8 Å². The van der Waals surface area contributed by atoms with E-state index in [2.05, 4.69) is 10.4 Å². The SMILES string of the molecule is CC(=O)NC1=NN(C(C)=O)C2(CCCCCCC2)S1. The molecule has 0 unspecified atom stereocenters. The smallest absolute Gasteiger partial charge is 0.240 e. The Hall–Kier alpha value is -1.04. The topological polar surface area (TPSA) is 61.8 Å². The van der Waals surface area contributed by atoms with Gasteiger partial charge in [0.15, 0.2) is 5.17 Å². The lowest BCUT2D eigenvalue weighted by molar-refractivity contribution is -0.132. The molecule has 2 amide bonds. The van der Waals surface area contributed by atoms with Gasteiger partial charge in [0.05, 0.1) is 0 Å². The molecule has 19 heavy (non-hydrogen) atoms. The van der Waals surface area contributed by atoms with Crippen molar-refractivity contribution in [2.45, 2.75) is 63.7 Å². The number of carbonyl (C=O) groups excluding carboxylic acids is 2. The third-order valence-corrected chi connectivity index (χ3v) is 4.92. The molecule has 1 saturated carbocycles. The summed E-state index contributed by atoms with van der Waals surface area (Å²) in [4.78, 5) is 22.7. The number of hydrogen-bond donors (Lipinski definition) is 1. The lowest BCUT2D eigenvalue weighted by Gasteiger charge is -2.35. The third-order valence-electron chi connectivity index (χ3n) is 3.58. The first-order valence-electron chi connectivity index (χ1n) is 6.89. The summed E-state index contributed by atoms with van der Waals surface area (Å²) in [5, 5.41) is 9.17. The number of carbonyl (C=O) groups is 2. The molecule has 1 fully saturated rings. The molecule has 2 aliphatic rings. The van der Waals surface area contributed by atoms with Crippen LogP contribution in [0.4, 0.5) is 0 Å². The van der Waals surface area contributed by atoms with Crippen molar-refractivity contribution in [3.05, 3.63) is 0 Å². The second-order valence-corrected chi connectivity index (χ2v) is 6.58. The highest BCUT2D eigenvalue weighted by Gasteiger charge is 2.45. The first kappa shape index (κ1) is 14.4. The summed E-state index contributed by atoms with van der Waals surface area (Å²) >= 11 is 1.54. The van der Waals surface area contributed by atoms with Crippen LogP contribution in [0.2, 0.25) is 0 Å². The fourth-order valence-corrected chi connectivity index (χ4v) is 4.18. The second-order valence-electron chi connectivity index (χ2n) is 5.23. The van der Waals surface area contributed by atoms with Gasteiger partial charge >= 0.3 is 0 Å². The highest BCUT2D eigenvalue weighted by atomic mass is 32.2. The highest BCUT2D eigenvalue weighted by molar-refractivity contribution is 8.15. The van der Waals surface area contributed by atoms with E-state index in [1.807, 2.05) is 0 Å². The van der Waals surface area contributed by atoms with Gasteiger partial charge in [-0.2, -0.15) is 0 Å². The van der Waals surface area contributed by atoms with E-state index in [-0.39, 0.29) is 16.7 Å². The number of amidine groups is 1. The monoisotopic (exact) mass is 283 g/mol. The van der Waals surface area contributed by atoms with Crippen LogP contribution >= 0.6 is 11.8 Å². The quantitative estimate of drug-likeness (QED) is 0.742. The zero-order chi connectivity index (χ0) is 13.9. The molecule has 0 atom stereocenters. The maximum Gasteiger partial charge on any atom is 0.240 e. The summed E-state index contributed by atoms with van der Waals surface area (Å²) < 4.78 is 0. The molecule has 0 aromatic rings. The number of rotatable bonds is 0. The van der Waals surface area contributed by atoms with E-state index < -0.39 is 0 Å². The van der Waals surface area contributed by atoms with Crippen molar-refractivity contribution < 1.29 is 9.59 Å². The van der Waals surface area contributed by atoms with Crippen molar-refractivity contribution in [1.82, 2.24) is 10.3 Å². The summed E-state index contributed by atoms with van der Waals surface area (Å²) in [6.07, 6.45) is 7.82. The van der Waals surface area contributed by atoms with Gasteiger partial charge in [0.2, 0.25) is 11.8 Å². The van der Waals surface area contributed by atoms with E-state index in [0.717, 1.165) is 25.7 Å². The Morgan fingerprint density at radius 2 is 1.74 bits per heavy atom. The van der Waals surface area contributed by atoms with E-state index in [9.17, 15) is 9.59 Å². The molecule has 1 spiro atoms. The molecule has 6 heteroatoms. The van der Waals surface area contributed by atoms with Crippen LogP contribution in [0.3, 0.4) is 0 Å². The maximum absolute atomic E-state index is 11.8. The van der Waals surface area contributed by atoms with E-state index in [0.29, 0.717) is 5.17 Å². The van der Waals surface area contributed by atoms with Crippen LogP contribution in [0.1, 0.15) is 58.8 Å². The van der Waals surface area contributed by atoms with Gasteiger partial charge < -0.3 is 5.32 Å². The molecule has 1 N–H and O–H groups in total. The average Bonchev–Trinajstić information content (AvgIpc) is 2.63. The minimum Gasteiger partial charge on any atom is -0.304 e. The Morgan fingerprint density at radius 3 is 2.26 bits per heavy atom. The van der Waals surface area contributed by atoms with Gasteiger partial charge in [0.25, 0.3) is 0 Å². The fourth-order valence-electron chi connectivity index (χ4n) is 2.76. The number of thioether (sulfide) groups is 1. The molecule has 1 aliphatic carbocycles. The van der Waals surface area contributed by atoms with Crippen LogP contribution < -0.4 is 5.32 Å². The third kappa shape index (κ3) is 3.29. The first-order valence-corrected chi connectivity index (χ1v) is 7.71. The number of hydrazone groups is 1. The highest BCUT2D eigenvalue weighted by Crippen LogP contribution is 2.45. The Balaban J connectivity index is 2.18. The lowest BCUT2D eigenvalue weighted by atomic mass is 9.95. The molecule has 0 aromatic heterocycles. The standard InChI is InChI=1S/C13H21N3O2S/c1-10(17)14-12-15-16(11(2)18)13(19-12)8-6-4-3-5-7-9-13/h3-9H2,1-2H3,(H,14,15,17). The summed E-state index contributed by atoms with van der Waals surface area (Å²) in [7, 11) is 0. The maximum atomic E-state index is 11.8. The molecule has 106 valence electrons. The molecule has 0 bridgehead atoms. The van der Waals surface area contributed by atoms with E-state index in [1.165, 1.54) is 26.2 Å². The number of hydrogen-bond acceptors (Lipinski definition) is 4. The average molecular weight is 283 g/mol. The Labute approximate surface area is 118 Å². The van der Waals surface area contributed by atoms with E-state index >= 15 is 0 Å². The molecule has 0 aromatic carbocycles. The number of amides is 2. The molecule has 2 rings (SSSR count). The second kappa shape index (κ2) is 5.94. The van der Waals surface area contributed by atoms with Crippen molar-refractivity contribution >= 4 is 28.7 Å². The van der Waals surface area contributed by atoms with Gasteiger partial charge in [-0.05, 0) is 12.8 Å². The zero-order valence-electron chi connectivity index (χ0n) is 11.6. The largest absolute Gasteiger partial charge is 0.304 e. The fraction of sp³-hybridized carbons (Fsp3) is 0.769. The number of nitrogens with zero attached hydrogens (tertiary/aromatic N) is 2. The van der Waals surface area contributed by atoms with Crippen LogP contribution in [0, 0.1) is 0 Å². The Bertz CT molecular complexity index is 401. The Morgan fingerprint density at radius 1 is 1.16 bits per heavy atom. The predicted octanol–water partition coefficient (Wildman–Crippen LogP) is 2.43. The van der Waals surface area contributed by atoms with Gasteiger partial charge in [0.1, 0.15) is 4.87 Å². The van der Waals surface area contributed by atoms with E-state index in [1.54, 1.807) is 23.7 Å². The van der Waals surface area contributed by atoms with Crippen LogP contribution in [-0.2, 0) is 9.59 Å². The predicted molar refractivity (Wildman–Crippen MR) is 76.4 cm³/mol. The molecule has 1 heterocycles. The minimum atomic E-state index is -0.274. The van der Waals surface area contributed by atoms with Gasteiger partial charge in [-0.25, -0.2) is 5.01 Å². The Kier molecular flexibility index (Phi) is 4.50. The van der Waals surface area contributed by atoms with Crippen LogP contribution in [0.5, 0.6) is 0 Å². The zero-order valence-corrected chi connectivity index (χ0v) is 12.4. The molecule has 0 radical (unpaired) electrons. The van der Waals surface area contributed by atoms with Crippen molar-refractivity contribution in [1.29, 1.82) is 0 Å². The molecular formula is C13H21N3O2S. The first-order chi connectivity index (χ1) is 9.03. The van der Waals surface area contributed by atoms with Crippen LogP contribution in [0.15, 0.2) is 5.10 Å². The van der Waals surface area contributed by atoms with Gasteiger partial charge in [-0.1, -0.05) is 43.9 Å². The summed E-state index contributed by atoms with van der Waals surface area (Å²) in [5.41, 5.74) is 0. The molecule has 1 aliphatic heterocycles. The molecule has 5 nitrogen and oxygen atoms in total. The minimum absolute atomic E-state index is 0.0478. The van der Waals surface area contributed by atoms with Gasteiger partial charge in [-0.15, -0.1) is 5.10 Å². The van der Waals surface area contributed by atoms with Crippen molar-refractivity contribution in [3.63, 3.8) is 0 Å². The summed E-state index contributed by atoms with van der Waals surface area (Å²) in [6, 6.07) is 0. The van der Waals surface area contributed by atoms with Crippen LogP contribution in [-0.4, -0.2) is 26.9 Å². The van der Waals surface area contributed by atoms with Crippen molar-refractivity contribution in [3.8, 4) is 0 Å². The van der Waals surface area contributed by atoms with Crippen LogP contribution in [0.25, 0.3) is 0 Å². The van der Waals surface area contributed by atoms with E-state index in [4.69, 9.17) is 0 Å². The molecule has 0 saturated heterocycles. The lowest BCUT2D eigenvalue weighted by Crippen LogP contribution is -2.43. The summed E-state index contributed by atoms with van der Waals surface area (Å²) in [6.45, 7) is 3.01. The summed E-state index contributed by atoms with van der Waals surface area (Å²) in [5.74, 6) is -0.189. The van der Waals surface area contributed by atoms with Crippen molar-refractivity contribution in [2.75, 3.05) is 0 Å². The van der Waals surface area contributed by atoms with Gasteiger partial charge in [-0.3, -0.25) is 9.59 Å². The molecular weight excluding hydrogens is 262 g/mol. The van der Waals surface area contributed by atoms with Crippen molar-refractivity contribution in [2.24, 2.45) is 5.10 Å².